The third kappa shape index (κ3) is 4.11. The number of hydrogen-bond donors (Lipinski definition) is 2. The van der Waals surface area contributed by atoms with E-state index >= 15 is 0 Å². The van der Waals surface area contributed by atoms with E-state index in [0.717, 1.165) is 6.42 Å². The van der Waals surface area contributed by atoms with Crippen molar-refractivity contribution in [2.75, 3.05) is 0 Å². The summed E-state index contributed by atoms with van der Waals surface area (Å²) in [5, 5.41) is 11.2. The molecule has 1 unspecified atom stereocenters. The second-order valence-corrected chi connectivity index (χ2v) is 4.69. The highest BCUT2D eigenvalue weighted by Crippen LogP contribution is 2.22. The van der Waals surface area contributed by atoms with E-state index in [1.807, 2.05) is 0 Å². The number of benzene rings is 2. The number of rotatable bonds is 2. The zero-order chi connectivity index (χ0) is 14.4. The fraction of sp³-hybridized carbons (Fsp3) is 0.294. The molecule has 2 nitrogen and oxygen atoms in total. The molecule has 0 aromatic heterocycles. The maximum absolute atomic E-state index is 8.41. The van der Waals surface area contributed by atoms with E-state index < -0.39 is 6.10 Å². The van der Waals surface area contributed by atoms with Crippen molar-refractivity contribution in [3.63, 3.8) is 0 Å². The Morgan fingerprint density at radius 2 is 1.84 bits per heavy atom. The van der Waals surface area contributed by atoms with E-state index in [4.69, 9.17) is 10.8 Å². The van der Waals surface area contributed by atoms with Gasteiger partial charge in [0.25, 0.3) is 0 Å². The number of nitrogens with two attached hydrogens (primary N) is 1. The lowest BCUT2D eigenvalue weighted by Crippen LogP contribution is -2.10. The molecule has 2 heteroatoms. The molecule has 0 aliphatic rings. The fourth-order valence-corrected chi connectivity index (χ4v) is 1.91. The molecule has 102 valence electrons. The second-order valence-electron chi connectivity index (χ2n) is 4.69. The SMILES string of the molecule is C=C(N)C(C)O.CCc1c(C)ccc2ccccc12. The van der Waals surface area contributed by atoms with Gasteiger partial charge in [-0.1, -0.05) is 49.9 Å². The highest BCUT2D eigenvalue weighted by atomic mass is 16.3. The Kier molecular flexibility index (Phi) is 5.58. The summed E-state index contributed by atoms with van der Waals surface area (Å²) < 4.78 is 0. The molecular formula is C17H23NO. The van der Waals surface area contributed by atoms with E-state index in [0.29, 0.717) is 5.70 Å². The van der Waals surface area contributed by atoms with Crippen LogP contribution in [0.5, 0.6) is 0 Å². The maximum atomic E-state index is 8.41. The van der Waals surface area contributed by atoms with Crippen molar-refractivity contribution in [1.29, 1.82) is 0 Å². The minimum absolute atomic E-state index is 0.315. The van der Waals surface area contributed by atoms with Crippen LogP contribution in [0.2, 0.25) is 0 Å². The molecule has 0 spiro atoms. The average Bonchev–Trinajstić information content (AvgIpc) is 2.39. The van der Waals surface area contributed by atoms with Crippen LogP contribution in [0.3, 0.4) is 0 Å². The maximum Gasteiger partial charge on any atom is 0.0898 e. The molecule has 0 radical (unpaired) electrons. The predicted octanol–water partition coefficient (Wildman–Crippen LogP) is 3.55. The summed E-state index contributed by atoms with van der Waals surface area (Å²) in [6.45, 7) is 9.26. The highest BCUT2D eigenvalue weighted by Gasteiger charge is 2.00. The molecule has 19 heavy (non-hydrogen) atoms. The van der Waals surface area contributed by atoms with Crippen LogP contribution in [0.4, 0.5) is 0 Å². The quantitative estimate of drug-likeness (QED) is 0.864. The van der Waals surface area contributed by atoms with Gasteiger partial charge in [0.2, 0.25) is 0 Å². The summed E-state index contributed by atoms with van der Waals surface area (Å²) in [4.78, 5) is 0. The lowest BCUT2D eigenvalue weighted by Gasteiger charge is -2.07. The Hall–Kier alpha value is -1.80. The molecule has 0 amide bonds. The standard InChI is InChI=1S/C13H14.C4H9NO/c1-3-12-10(2)8-9-11-6-4-5-7-13(11)12;1-3(5)4(2)6/h4-9H,3H2,1-2H3;4,6H,1,5H2,2H3. The van der Waals surface area contributed by atoms with Gasteiger partial charge in [0, 0.05) is 5.70 Å². The van der Waals surface area contributed by atoms with E-state index in [1.54, 1.807) is 6.92 Å². The predicted molar refractivity (Wildman–Crippen MR) is 83.1 cm³/mol. The fourth-order valence-electron chi connectivity index (χ4n) is 1.91. The van der Waals surface area contributed by atoms with Gasteiger partial charge in [-0.15, -0.1) is 0 Å². The smallest absolute Gasteiger partial charge is 0.0898 e. The van der Waals surface area contributed by atoms with Crippen LogP contribution in [0.1, 0.15) is 25.0 Å². The van der Waals surface area contributed by atoms with Crippen molar-refractivity contribution in [1.82, 2.24) is 0 Å². The second kappa shape index (κ2) is 6.95. The first-order valence-corrected chi connectivity index (χ1v) is 6.57. The third-order valence-corrected chi connectivity index (χ3v) is 3.16. The molecule has 0 aliphatic heterocycles. The number of aliphatic hydroxyl groups is 1. The molecule has 0 saturated carbocycles. The molecule has 3 N–H and O–H groups in total. The average molecular weight is 257 g/mol. The van der Waals surface area contributed by atoms with Gasteiger partial charge in [0.1, 0.15) is 0 Å². The molecule has 0 heterocycles. The van der Waals surface area contributed by atoms with Crippen LogP contribution in [0, 0.1) is 6.92 Å². The van der Waals surface area contributed by atoms with Gasteiger partial charge in [0.15, 0.2) is 0 Å². The summed E-state index contributed by atoms with van der Waals surface area (Å²) in [7, 11) is 0. The Balaban J connectivity index is 0.000000258. The molecule has 2 aromatic carbocycles. The molecule has 2 rings (SSSR count). The first kappa shape index (κ1) is 15.3. The van der Waals surface area contributed by atoms with Crippen molar-refractivity contribution in [2.45, 2.75) is 33.3 Å². The Morgan fingerprint density at radius 3 is 2.37 bits per heavy atom. The summed E-state index contributed by atoms with van der Waals surface area (Å²) in [6.07, 6.45) is 0.553. The molecule has 1 atom stereocenters. The molecule has 0 bridgehead atoms. The molecular weight excluding hydrogens is 234 g/mol. The summed E-state index contributed by atoms with van der Waals surface area (Å²) in [6, 6.07) is 13.0. The number of fused-ring (bicyclic) bond motifs is 1. The highest BCUT2D eigenvalue weighted by molar-refractivity contribution is 5.86. The number of aliphatic hydroxyl groups excluding tert-OH is 1. The summed E-state index contributed by atoms with van der Waals surface area (Å²) >= 11 is 0. The largest absolute Gasteiger partial charge is 0.400 e. The zero-order valence-electron chi connectivity index (χ0n) is 12.0. The normalized spacial score (nSPS) is 11.6. The van der Waals surface area contributed by atoms with Gasteiger partial charge < -0.3 is 10.8 Å². The van der Waals surface area contributed by atoms with Crippen molar-refractivity contribution in [3.8, 4) is 0 Å². The third-order valence-electron chi connectivity index (χ3n) is 3.16. The topological polar surface area (TPSA) is 46.2 Å². The van der Waals surface area contributed by atoms with Gasteiger partial charge in [-0.25, -0.2) is 0 Å². The first-order chi connectivity index (χ1) is 8.97. The zero-order valence-corrected chi connectivity index (χ0v) is 12.0. The van der Waals surface area contributed by atoms with Gasteiger partial charge >= 0.3 is 0 Å². The van der Waals surface area contributed by atoms with Crippen molar-refractivity contribution >= 4 is 10.8 Å². The Labute approximate surface area is 115 Å². The van der Waals surface area contributed by atoms with Crippen LogP contribution in [0.15, 0.2) is 48.7 Å². The van der Waals surface area contributed by atoms with Crippen LogP contribution >= 0.6 is 0 Å². The van der Waals surface area contributed by atoms with Gasteiger partial charge in [0.05, 0.1) is 6.10 Å². The lowest BCUT2D eigenvalue weighted by atomic mass is 9.98. The monoisotopic (exact) mass is 257 g/mol. The molecule has 2 aromatic rings. The van der Waals surface area contributed by atoms with Crippen LogP contribution < -0.4 is 5.73 Å². The van der Waals surface area contributed by atoms with E-state index in [9.17, 15) is 0 Å². The summed E-state index contributed by atoms with van der Waals surface area (Å²) in [5.74, 6) is 0. The van der Waals surface area contributed by atoms with Gasteiger partial charge in [-0.3, -0.25) is 0 Å². The Morgan fingerprint density at radius 1 is 1.26 bits per heavy atom. The van der Waals surface area contributed by atoms with Crippen LogP contribution in [0.25, 0.3) is 10.8 Å². The molecule has 0 fully saturated rings. The minimum Gasteiger partial charge on any atom is -0.400 e. The van der Waals surface area contributed by atoms with Gasteiger partial charge in [-0.05, 0) is 42.2 Å². The van der Waals surface area contributed by atoms with Crippen LogP contribution in [-0.2, 0) is 6.42 Å². The van der Waals surface area contributed by atoms with E-state index in [1.165, 1.54) is 21.9 Å². The number of aryl methyl sites for hydroxylation is 2. The van der Waals surface area contributed by atoms with Crippen LogP contribution in [-0.4, -0.2) is 11.2 Å². The van der Waals surface area contributed by atoms with Gasteiger partial charge in [-0.2, -0.15) is 0 Å². The summed E-state index contributed by atoms with van der Waals surface area (Å²) in [5.41, 5.74) is 8.19. The van der Waals surface area contributed by atoms with Crippen molar-refractivity contribution in [3.05, 3.63) is 59.8 Å². The van der Waals surface area contributed by atoms with E-state index in [2.05, 4.69) is 56.8 Å². The van der Waals surface area contributed by atoms with Crippen molar-refractivity contribution in [2.24, 2.45) is 5.73 Å². The van der Waals surface area contributed by atoms with E-state index in [-0.39, 0.29) is 0 Å². The number of hydrogen-bond acceptors (Lipinski definition) is 2. The lowest BCUT2D eigenvalue weighted by molar-refractivity contribution is 0.230. The minimum atomic E-state index is -0.565. The van der Waals surface area contributed by atoms with Crippen molar-refractivity contribution < 1.29 is 5.11 Å². The Bertz CT molecular complexity index is 558. The first-order valence-electron chi connectivity index (χ1n) is 6.57. The molecule has 0 saturated heterocycles. The molecule has 0 aliphatic carbocycles.